The Morgan fingerprint density at radius 2 is 2.08 bits per heavy atom. The Bertz CT molecular complexity index is 269. The number of aliphatic hydroxyl groups is 1. The first-order valence-corrected chi connectivity index (χ1v) is 3.45. The minimum Gasteiger partial charge on any atom is -0.501 e. The van der Waals surface area contributed by atoms with Gasteiger partial charge in [0.2, 0.25) is 5.76 Å². The lowest BCUT2D eigenvalue weighted by molar-refractivity contribution is -0.136. The third-order valence-electron chi connectivity index (χ3n) is 1.79. The first-order valence-electron chi connectivity index (χ1n) is 3.45. The average molecular weight is 171 g/mol. The van der Waals surface area contributed by atoms with Crippen LogP contribution in [0.3, 0.4) is 0 Å². The number of hydrogen-bond acceptors (Lipinski definition) is 3. The molecule has 5 nitrogen and oxygen atoms in total. The minimum atomic E-state index is -1.45. The van der Waals surface area contributed by atoms with Crippen LogP contribution in [-0.2, 0) is 9.59 Å². The molecule has 0 saturated carbocycles. The summed E-state index contributed by atoms with van der Waals surface area (Å²) >= 11 is 0. The van der Waals surface area contributed by atoms with E-state index in [0.717, 1.165) is 0 Å². The van der Waals surface area contributed by atoms with E-state index in [2.05, 4.69) is 0 Å². The Labute approximate surface area is 68.9 Å². The summed E-state index contributed by atoms with van der Waals surface area (Å²) in [5, 5.41) is 17.3. The summed E-state index contributed by atoms with van der Waals surface area (Å²) in [5.41, 5.74) is -0.00926. The largest absolute Gasteiger partial charge is 0.501 e. The van der Waals surface area contributed by atoms with Crippen LogP contribution in [0.4, 0.5) is 0 Å². The van der Waals surface area contributed by atoms with Crippen molar-refractivity contribution in [2.24, 2.45) is 0 Å². The zero-order valence-corrected chi connectivity index (χ0v) is 6.57. The van der Waals surface area contributed by atoms with Gasteiger partial charge in [-0.3, -0.25) is 4.79 Å². The highest BCUT2D eigenvalue weighted by Crippen LogP contribution is 2.17. The number of aliphatic carboxylic acids is 1. The number of carbonyl (C=O) groups excluding carboxylic acids is 1. The van der Waals surface area contributed by atoms with Crippen LogP contribution in [0.25, 0.3) is 0 Å². The van der Waals surface area contributed by atoms with E-state index in [1.54, 1.807) is 7.05 Å². The molecule has 0 aromatic carbocycles. The monoisotopic (exact) mass is 171 g/mol. The fourth-order valence-corrected chi connectivity index (χ4v) is 1.07. The second kappa shape index (κ2) is 2.84. The summed E-state index contributed by atoms with van der Waals surface area (Å²) in [4.78, 5) is 22.7. The van der Waals surface area contributed by atoms with E-state index in [9.17, 15) is 9.59 Å². The van der Waals surface area contributed by atoms with E-state index in [-0.39, 0.29) is 5.57 Å². The fraction of sp³-hybridized carbons (Fsp3) is 0.429. The highest BCUT2D eigenvalue weighted by atomic mass is 16.4. The maximum atomic E-state index is 11.1. The molecule has 1 aliphatic heterocycles. The zero-order chi connectivity index (χ0) is 9.30. The number of nitrogens with zero attached hydrogens (tertiary/aromatic N) is 1. The molecule has 0 aromatic rings. The van der Waals surface area contributed by atoms with Gasteiger partial charge >= 0.3 is 5.97 Å². The first kappa shape index (κ1) is 8.58. The van der Waals surface area contributed by atoms with Crippen molar-refractivity contribution in [1.82, 2.24) is 4.90 Å². The van der Waals surface area contributed by atoms with Gasteiger partial charge in [0, 0.05) is 13.6 Å². The third-order valence-corrected chi connectivity index (χ3v) is 1.79. The van der Waals surface area contributed by atoms with Gasteiger partial charge in [-0.15, -0.1) is 0 Å². The summed E-state index contributed by atoms with van der Waals surface area (Å²) in [6.07, 6.45) is 0.299. The highest BCUT2D eigenvalue weighted by Gasteiger charge is 2.28. The van der Waals surface area contributed by atoms with Crippen LogP contribution >= 0.6 is 0 Å². The summed E-state index contributed by atoms with van der Waals surface area (Å²) in [7, 11) is 1.56. The first-order chi connectivity index (χ1) is 5.54. The van der Waals surface area contributed by atoms with Crippen molar-refractivity contribution in [3.8, 4) is 0 Å². The van der Waals surface area contributed by atoms with E-state index in [0.29, 0.717) is 13.0 Å². The predicted molar refractivity (Wildman–Crippen MR) is 39.5 cm³/mol. The number of carboxylic acids is 1. The van der Waals surface area contributed by atoms with Gasteiger partial charge in [-0.25, -0.2) is 4.79 Å². The van der Waals surface area contributed by atoms with Gasteiger partial charge in [0.25, 0.3) is 5.91 Å². The van der Waals surface area contributed by atoms with E-state index >= 15 is 0 Å². The highest BCUT2D eigenvalue weighted by molar-refractivity contribution is 6.02. The molecular formula is C7H9NO4. The lowest BCUT2D eigenvalue weighted by atomic mass is 10.2. The number of aliphatic hydroxyl groups excluding tert-OH is 1. The molecule has 1 aliphatic rings. The van der Waals surface area contributed by atoms with Crippen LogP contribution in [0, 0.1) is 0 Å². The third kappa shape index (κ3) is 1.25. The van der Waals surface area contributed by atoms with Crippen LogP contribution in [0.5, 0.6) is 0 Å². The van der Waals surface area contributed by atoms with Gasteiger partial charge in [0.1, 0.15) is 0 Å². The van der Waals surface area contributed by atoms with Crippen LogP contribution in [0.2, 0.25) is 0 Å². The van der Waals surface area contributed by atoms with E-state index < -0.39 is 17.6 Å². The summed E-state index contributed by atoms with van der Waals surface area (Å²) in [5.74, 6) is -2.69. The predicted octanol–water partition coefficient (Wildman–Crippen LogP) is -0.255. The molecule has 12 heavy (non-hydrogen) atoms. The molecule has 1 saturated heterocycles. The van der Waals surface area contributed by atoms with E-state index in [1.165, 1.54) is 4.90 Å². The average Bonchev–Trinajstić information content (AvgIpc) is 2.32. The van der Waals surface area contributed by atoms with Gasteiger partial charge in [0.15, 0.2) is 0 Å². The van der Waals surface area contributed by atoms with Gasteiger partial charge in [-0.05, 0) is 6.42 Å². The Balaban J connectivity index is 2.97. The Morgan fingerprint density at radius 3 is 2.42 bits per heavy atom. The van der Waals surface area contributed by atoms with E-state index in [1.807, 2.05) is 0 Å². The molecule has 1 fully saturated rings. The van der Waals surface area contributed by atoms with Gasteiger partial charge in [-0.1, -0.05) is 0 Å². The van der Waals surface area contributed by atoms with Crippen molar-refractivity contribution in [3.05, 3.63) is 11.3 Å². The SMILES string of the molecule is CN1CC/C(=C(/O)C(=O)O)C1=O. The second-order valence-corrected chi connectivity index (χ2v) is 2.61. The zero-order valence-electron chi connectivity index (χ0n) is 6.57. The number of hydrogen-bond donors (Lipinski definition) is 2. The number of carbonyl (C=O) groups is 2. The molecule has 5 heteroatoms. The van der Waals surface area contributed by atoms with Crippen molar-refractivity contribution < 1.29 is 19.8 Å². The van der Waals surface area contributed by atoms with Gasteiger partial charge in [-0.2, -0.15) is 0 Å². The molecule has 2 N–H and O–H groups in total. The molecule has 0 atom stereocenters. The molecule has 1 heterocycles. The number of carboxylic acid groups (broad SMARTS) is 1. The van der Waals surface area contributed by atoms with Crippen LogP contribution in [0.15, 0.2) is 11.3 Å². The van der Waals surface area contributed by atoms with Crippen molar-refractivity contribution >= 4 is 11.9 Å². The van der Waals surface area contributed by atoms with Crippen LogP contribution in [0.1, 0.15) is 6.42 Å². The molecule has 1 amide bonds. The molecule has 0 spiro atoms. The molecule has 66 valence electrons. The molecule has 0 aliphatic carbocycles. The maximum absolute atomic E-state index is 11.1. The standard InChI is InChI=1S/C7H9NO4/c1-8-3-2-4(6(8)10)5(9)7(11)12/h9H,2-3H2,1H3,(H,11,12)/b5-4-. The number of amides is 1. The van der Waals surface area contributed by atoms with Gasteiger partial charge < -0.3 is 15.1 Å². The number of rotatable bonds is 1. The van der Waals surface area contributed by atoms with Crippen molar-refractivity contribution in [1.29, 1.82) is 0 Å². The Hall–Kier alpha value is -1.52. The van der Waals surface area contributed by atoms with Crippen LogP contribution in [-0.4, -0.2) is 40.6 Å². The summed E-state index contributed by atoms with van der Waals surface area (Å²) in [6.45, 7) is 0.464. The second-order valence-electron chi connectivity index (χ2n) is 2.61. The fourth-order valence-electron chi connectivity index (χ4n) is 1.07. The van der Waals surface area contributed by atoms with Crippen molar-refractivity contribution in [2.75, 3.05) is 13.6 Å². The topological polar surface area (TPSA) is 77.8 Å². The smallest absolute Gasteiger partial charge is 0.371 e. The molecule has 1 rings (SSSR count). The molecule has 0 radical (unpaired) electrons. The summed E-state index contributed by atoms with van der Waals surface area (Å²) < 4.78 is 0. The van der Waals surface area contributed by atoms with Crippen molar-refractivity contribution in [3.63, 3.8) is 0 Å². The molecular weight excluding hydrogens is 162 g/mol. The quantitative estimate of drug-likeness (QED) is 0.421. The van der Waals surface area contributed by atoms with Gasteiger partial charge in [0.05, 0.1) is 5.57 Å². The lowest BCUT2D eigenvalue weighted by Gasteiger charge is -2.04. The summed E-state index contributed by atoms with van der Waals surface area (Å²) in [6, 6.07) is 0. The molecule has 0 aromatic heterocycles. The Morgan fingerprint density at radius 1 is 1.50 bits per heavy atom. The normalized spacial score (nSPS) is 21.4. The number of likely N-dealkylation sites (N-methyl/N-ethyl adjacent to an activating group) is 1. The number of likely N-dealkylation sites (tertiary alicyclic amines) is 1. The van der Waals surface area contributed by atoms with E-state index in [4.69, 9.17) is 10.2 Å². The van der Waals surface area contributed by atoms with Crippen LogP contribution < -0.4 is 0 Å². The molecule has 0 bridgehead atoms. The maximum Gasteiger partial charge on any atom is 0.371 e. The lowest BCUT2D eigenvalue weighted by Crippen LogP contribution is -2.20. The minimum absolute atomic E-state index is 0.00926. The Kier molecular flexibility index (Phi) is 2.03. The molecule has 0 unspecified atom stereocenters. The van der Waals surface area contributed by atoms with Crippen molar-refractivity contribution in [2.45, 2.75) is 6.42 Å².